The lowest BCUT2D eigenvalue weighted by atomic mass is 10.0. The van der Waals surface area contributed by atoms with Crippen molar-refractivity contribution >= 4 is 22.4 Å². The molecule has 0 unspecified atom stereocenters. The fourth-order valence-corrected chi connectivity index (χ4v) is 2.66. The Morgan fingerprint density at radius 3 is 2.60 bits per heavy atom. The number of carboxylic acid groups (broad SMARTS) is 1. The molecule has 0 heterocycles. The van der Waals surface area contributed by atoms with Crippen LogP contribution in [0.15, 0.2) is 36.4 Å². The Kier molecular flexibility index (Phi) is 3.59. The molecule has 104 valence electrons. The van der Waals surface area contributed by atoms with Gasteiger partial charge in [0.25, 0.3) is 0 Å². The van der Waals surface area contributed by atoms with Gasteiger partial charge in [-0.05, 0) is 36.3 Å². The highest BCUT2D eigenvalue weighted by molar-refractivity contribution is 6.07. The van der Waals surface area contributed by atoms with Gasteiger partial charge in [-0.2, -0.15) is 0 Å². The van der Waals surface area contributed by atoms with Crippen molar-refractivity contribution in [2.24, 2.45) is 5.92 Å². The zero-order valence-electron chi connectivity index (χ0n) is 11.4. The monoisotopic (exact) mass is 269 g/mol. The first-order chi connectivity index (χ1) is 9.75. The maximum absolute atomic E-state index is 11.2. The Hall–Kier alpha value is -2.03. The van der Waals surface area contributed by atoms with E-state index in [9.17, 15) is 9.90 Å². The number of fused-ring (bicyclic) bond motifs is 1. The van der Waals surface area contributed by atoms with Crippen LogP contribution in [-0.2, 0) is 0 Å². The number of hydrogen-bond acceptors (Lipinski definition) is 2. The predicted octanol–water partition coefficient (Wildman–Crippen LogP) is 4.14. The highest BCUT2D eigenvalue weighted by Crippen LogP contribution is 2.33. The van der Waals surface area contributed by atoms with Crippen molar-refractivity contribution in [2.75, 3.05) is 11.9 Å². The molecule has 3 nitrogen and oxygen atoms in total. The van der Waals surface area contributed by atoms with E-state index < -0.39 is 5.97 Å². The Labute approximate surface area is 118 Å². The normalized spacial score (nSPS) is 14.4. The summed E-state index contributed by atoms with van der Waals surface area (Å²) < 4.78 is 0. The Bertz CT molecular complexity index is 632. The van der Waals surface area contributed by atoms with Gasteiger partial charge in [-0.15, -0.1) is 0 Å². The second kappa shape index (κ2) is 5.53. The molecule has 0 spiro atoms. The third kappa shape index (κ3) is 2.77. The molecule has 0 aliphatic heterocycles. The van der Waals surface area contributed by atoms with Gasteiger partial charge in [0.2, 0.25) is 0 Å². The number of benzene rings is 2. The standard InChI is InChI=1S/C17H19NO2/c19-17(20)15-9-10-16(14-6-2-1-5-13(14)15)18-11-3-4-12-7-8-12/h1-2,5-6,9-10,12,18H,3-4,7-8,11H2,(H,19,20). The van der Waals surface area contributed by atoms with Crippen LogP contribution in [0, 0.1) is 5.92 Å². The maximum atomic E-state index is 11.2. The zero-order chi connectivity index (χ0) is 13.9. The molecule has 1 aliphatic carbocycles. The van der Waals surface area contributed by atoms with E-state index in [1.54, 1.807) is 6.07 Å². The minimum Gasteiger partial charge on any atom is -0.478 e. The average molecular weight is 269 g/mol. The van der Waals surface area contributed by atoms with Crippen LogP contribution in [0.25, 0.3) is 10.8 Å². The van der Waals surface area contributed by atoms with Crippen LogP contribution in [0.4, 0.5) is 5.69 Å². The van der Waals surface area contributed by atoms with E-state index in [0.717, 1.165) is 28.9 Å². The summed E-state index contributed by atoms with van der Waals surface area (Å²) in [6.45, 7) is 0.951. The van der Waals surface area contributed by atoms with Crippen molar-refractivity contribution in [3.63, 3.8) is 0 Å². The van der Waals surface area contributed by atoms with Gasteiger partial charge in [-0.25, -0.2) is 4.79 Å². The molecule has 0 aromatic heterocycles. The Balaban J connectivity index is 1.79. The molecular formula is C17H19NO2. The van der Waals surface area contributed by atoms with Crippen molar-refractivity contribution in [3.8, 4) is 0 Å². The number of carbonyl (C=O) groups is 1. The van der Waals surface area contributed by atoms with E-state index in [2.05, 4.69) is 5.32 Å². The largest absolute Gasteiger partial charge is 0.478 e. The summed E-state index contributed by atoms with van der Waals surface area (Å²) in [5, 5.41) is 14.5. The van der Waals surface area contributed by atoms with Gasteiger partial charge in [-0.3, -0.25) is 0 Å². The SMILES string of the molecule is O=C(O)c1ccc(NCCCC2CC2)c2ccccc12. The first-order valence-electron chi connectivity index (χ1n) is 7.24. The number of aromatic carboxylic acids is 1. The van der Waals surface area contributed by atoms with Gasteiger partial charge >= 0.3 is 5.97 Å². The average Bonchev–Trinajstić information content (AvgIpc) is 3.27. The summed E-state index contributed by atoms with van der Waals surface area (Å²) in [7, 11) is 0. The number of nitrogens with one attached hydrogen (secondary N) is 1. The van der Waals surface area contributed by atoms with Gasteiger partial charge in [0.15, 0.2) is 0 Å². The third-order valence-corrected chi connectivity index (χ3v) is 3.96. The van der Waals surface area contributed by atoms with Crippen LogP contribution in [0.2, 0.25) is 0 Å². The topological polar surface area (TPSA) is 49.3 Å². The molecule has 2 aromatic carbocycles. The van der Waals surface area contributed by atoms with Gasteiger partial charge in [-0.1, -0.05) is 37.1 Å². The van der Waals surface area contributed by atoms with E-state index in [0.29, 0.717) is 5.56 Å². The minimum absolute atomic E-state index is 0.365. The molecule has 0 bridgehead atoms. The first-order valence-corrected chi connectivity index (χ1v) is 7.24. The lowest BCUT2D eigenvalue weighted by molar-refractivity contribution is 0.0699. The van der Waals surface area contributed by atoms with Crippen LogP contribution >= 0.6 is 0 Å². The molecule has 20 heavy (non-hydrogen) atoms. The number of rotatable bonds is 6. The molecule has 1 saturated carbocycles. The second-order valence-electron chi connectivity index (χ2n) is 5.52. The third-order valence-electron chi connectivity index (χ3n) is 3.96. The molecular weight excluding hydrogens is 250 g/mol. The Morgan fingerprint density at radius 2 is 1.90 bits per heavy atom. The molecule has 2 N–H and O–H groups in total. The van der Waals surface area contributed by atoms with Gasteiger partial charge in [0, 0.05) is 17.6 Å². The molecule has 1 aliphatic rings. The number of anilines is 1. The predicted molar refractivity (Wildman–Crippen MR) is 81.4 cm³/mol. The lowest BCUT2D eigenvalue weighted by Crippen LogP contribution is -2.04. The molecule has 0 atom stereocenters. The summed E-state index contributed by atoms with van der Waals surface area (Å²) in [5.41, 5.74) is 1.39. The number of carboxylic acids is 1. The molecule has 0 amide bonds. The van der Waals surface area contributed by atoms with E-state index in [1.165, 1.54) is 25.7 Å². The fourth-order valence-electron chi connectivity index (χ4n) is 2.66. The molecule has 0 radical (unpaired) electrons. The smallest absolute Gasteiger partial charge is 0.336 e. The van der Waals surface area contributed by atoms with Crippen LogP contribution in [0.3, 0.4) is 0 Å². The minimum atomic E-state index is -0.874. The summed E-state index contributed by atoms with van der Waals surface area (Å²) >= 11 is 0. The summed E-state index contributed by atoms with van der Waals surface area (Å²) in [4.78, 5) is 11.2. The molecule has 0 saturated heterocycles. The van der Waals surface area contributed by atoms with Crippen molar-refractivity contribution in [1.29, 1.82) is 0 Å². The maximum Gasteiger partial charge on any atom is 0.336 e. The molecule has 1 fully saturated rings. The zero-order valence-corrected chi connectivity index (χ0v) is 11.4. The van der Waals surface area contributed by atoms with Crippen LogP contribution in [-0.4, -0.2) is 17.6 Å². The number of hydrogen-bond donors (Lipinski definition) is 2. The van der Waals surface area contributed by atoms with Gasteiger partial charge in [0.1, 0.15) is 0 Å². The van der Waals surface area contributed by atoms with Crippen LogP contribution < -0.4 is 5.32 Å². The van der Waals surface area contributed by atoms with Crippen molar-refractivity contribution in [3.05, 3.63) is 42.0 Å². The van der Waals surface area contributed by atoms with Gasteiger partial charge < -0.3 is 10.4 Å². The van der Waals surface area contributed by atoms with E-state index in [1.807, 2.05) is 30.3 Å². The van der Waals surface area contributed by atoms with Gasteiger partial charge in [0.05, 0.1) is 5.56 Å². The second-order valence-corrected chi connectivity index (χ2v) is 5.52. The fraction of sp³-hybridized carbons (Fsp3) is 0.353. The van der Waals surface area contributed by atoms with Crippen molar-refractivity contribution in [1.82, 2.24) is 0 Å². The summed E-state index contributed by atoms with van der Waals surface area (Å²) in [6, 6.07) is 11.2. The van der Waals surface area contributed by atoms with Crippen LogP contribution in [0.1, 0.15) is 36.0 Å². The lowest BCUT2D eigenvalue weighted by Gasteiger charge is -2.11. The van der Waals surface area contributed by atoms with E-state index >= 15 is 0 Å². The highest BCUT2D eigenvalue weighted by atomic mass is 16.4. The molecule has 2 aromatic rings. The Morgan fingerprint density at radius 1 is 1.15 bits per heavy atom. The summed E-state index contributed by atoms with van der Waals surface area (Å²) in [6.07, 6.45) is 5.28. The quantitative estimate of drug-likeness (QED) is 0.775. The highest BCUT2D eigenvalue weighted by Gasteiger charge is 2.20. The van der Waals surface area contributed by atoms with Crippen molar-refractivity contribution < 1.29 is 9.90 Å². The first kappa shape index (κ1) is 13.0. The van der Waals surface area contributed by atoms with E-state index in [-0.39, 0.29) is 0 Å². The van der Waals surface area contributed by atoms with Crippen molar-refractivity contribution in [2.45, 2.75) is 25.7 Å². The van der Waals surface area contributed by atoms with Crippen LogP contribution in [0.5, 0.6) is 0 Å². The molecule has 3 heteroatoms. The summed E-state index contributed by atoms with van der Waals surface area (Å²) in [5.74, 6) is 0.0874. The van der Waals surface area contributed by atoms with E-state index in [4.69, 9.17) is 0 Å². The molecule has 3 rings (SSSR count).